The Hall–Kier alpha value is -2.28. The molecule has 0 radical (unpaired) electrons. The lowest BCUT2D eigenvalue weighted by Gasteiger charge is -2.39. The lowest BCUT2D eigenvalue weighted by Crippen LogP contribution is -2.51. The van der Waals surface area contributed by atoms with Crippen LogP contribution in [0.1, 0.15) is 35.9 Å². The van der Waals surface area contributed by atoms with Gasteiger partial charge in [-0.1, -0.05) is 6.92 Å². The van der Waals surface area contributed by atoms with Crippen molar-refractivity contribution in [3.8, 4) is 5.69 Å². The highest BCUT2D eigenvalue weighted by atomic mass is 16.2. The summed E-state index contributed by atoms with van der Waals surface area (Å²) in [6.07, 6.45) is 5.25. The first kappa shape index (κ1) is 15.6. The normalized spacial score (nSPS) is 21.4. The Morgan fingerprint density at radius 2 is 2.09 bits per heavy atom. The molecule has 7 nitrogen and oxygen atoms in total. The van der Waals surface area contributed by atoms with Crippen molar-refractivity contribution < 1.29 is 4.79 Å². The zero-order valence-electron chi connectivity index (χ0n) is 13.5. The number of nitrogens with two attached hydrogens (primary N) is 1. The number of hydrogen-bond acceptors (Lipinski definition) is 5. The Balaban J connectivity index is 2.00. The van der Waals surface area contributed by atoms with Crippen molar-refractivity contribution in [2.45, 2.75) is 32.7 Å². The lowest BCUT2D eigenvalue weighted by atomic mass is 9.90. The van der Waals surface area contributed by atoms with Crippen LogP contribution in [-0.4, -0.2) is 49.9 Å². The summed E-state index contributed by atoms with van der Waals surface area (Å²) >= 11 is 0. The number of likely N-dealkylation sites (tertiary alicyclic amines) is 1. The summed E-state index contributed by atoms with van der Waals surface area (Å²) in [6, 6.07) is 3.74. The molecule has 0 unspecified atom stereocenters. The van der Waals surface area contributed by atoms with Gasteiger partial charge in [-0.05, 0) is 37.8 Å². The fourth-order valence-electron chi connectivity index (χ4n) is 3.21. The van der Waals surface area contributed by atoms with E-state index in [1.54, 1.807) is 12.4 Å². The summed E-state index contributed by atoms with van der Waals surface area (Å²) in [4.78, 5) is 20.9. The molecular weight excluding hydrogens is 292 g/mol. The third kappa shape index (κ3) is 2.96. The SMILES string of the molecule is Cc1ccc(-n2nccn2)c(C(=O)N2CCC[C@@H](C)[C@H]2CN)n1. The number of hydrogen-bond donors (Lipinski definition) is 1. The third-order valence-corrected chi connectivity index (χ3v) is 4.47. The number of carbonyl (C=O) groups is 1. The molecular formula is C16H22N6O. The Morgan fingerprint density at radius 1 is 1.35 bits per heavy atom. The molecule has 1 aliphatic rings. The minimum absolute atomic E-state index is 0.0528. The number of aryl methyl sites for hydroxylation is 1. The summed E-state index contributed by atoms with van der Waals surface area (Å²) < 4.78 is 0. The van der Waals surface area contributed by atoms with Crippen molar-refractivity contribution in [2.24, 2.45) is 11.7 Å². The molecule has 122 valence electrons. The second-order valence-electron chi connectivity index (χ2n) is 6.06. The van der Waals surface area contributed by atoms with Crippen molar-refractivity contribution in [3.63, 3.8) is 0 Å². The Labute approximate surface area is 135 Å². The predicted molar refractivity (Wildman–Crippen MR) is 86.2 cm³/mol. The number of carbonyl (C=O) groups excluding carboxylic acids is 1. The number of pyridine rings is 1. The van der Waals surface area contributed by atoms with Crippen molar-refractivity contribution in [1.29, 1.82) is 0 Å². The van der Waals surface area contributed by atoms with E-state index in [4.69, 9.17) is 5.73 Å². The number of aromatic nitrogens is 4. The van der Waals surface area contributed by atoms with E-state index < -0.39 is 0 Å². The van der Waals surface area contributed by atoms with Gasteiger partial charge in [0.25, 0.3) is 5.91 Å². The standard InChI is InChI=1S/C16H22N6O/c1-11-4-3-9-21(14(11)10-17)16(23)15-13(6-5-12(2)20-15)22-18-7-8-19-22/h5-8,11,14H,3-4,9-10,17H2,1-2H3/t11-,14-/m1/s1. The van der Waals surface area contributed by atoms with Gasteiger partial charge in [-0.15, -0.1) is 4.80 Å². The topological polar surface area (TPSA) is 89.9 Å². The van der Waals surface area contributed by atoms with Gasteiger partial charge in [-0.25, -0.2) is 4.98 Å². The molecule has 1 fully saturated rings. The summed E-state index contributed by atoms with van der Waals surface area (Å²) in [6.45, 7) is 5.20. The molecule has 2 aromatic heterocycles. The van der Waals surface area contributed by atoms with Gasteiger partial charge in [0.05, 0.1) is 12.4 Å². The van der Waals surface area contributed by atoms with Gasteiger partial charge in [0.2, 0.25) is 0 Å². The molecule has 1 amide bonds. The maximum Gasteiger partial charge on any atom is 0.275 e. The van der Waals surface area contributed by atoms with Crippen LogP contribution in [0.4, 0.5) is 0 Å². The Bertz CT molecular complexity index is 684. The minimum atomic E-state index is -0.0944. The van der Waals surface area contributed by atoms with Gasteiger partial charge in [-0.3, -0.25) is 4.79 Å². The molecule has 2 atom stereocenters. The zero-order chi connectivity index (χ0) is 16.4. The van der Waals surface area contributed by atoms with Crippen LogP contribution < -0.4 is 5.73 Å². The van der Waals surface area contributed by atoms with E-state index in [9.17, 15) is 4.79 Å². The quantitative estimate of drug-likeness (QED) is 0.918. The first-order valence-electron chi connectivity index (χ1n) is 7.97. The molecule has 7 heteroatoms. The molecule has 0 bridgehead atoms. The van der Waals surface area contributed by atoms with Crippen LogP contribution in [-0.2, 0) is 0 Å². The third-order valence-electron chi connectivity index (χ3n) is 4.47. The maximum absolute atomic E-state index is 13.1. The highest BCUT2D eigenvalue weighted by molar-refractivity contribution is 5.96. The highest BCUT2D eigenvalue weighted by Crippen LogP contribution is 2.25. The van der Waals surface area contributed by atoms with E-state index in [-0.39, 0.29) is 11.9 Å². The minimum Gasteiger partial charge on any atom is -0.333 e. The fourth-order valence-corrected chi connectivity index (χ4v) is 3.21. The maximum atomic E-state index is 13.1. The van der Waals surface area contributed by atoms with Gasteiger partial charge < -0.3 is 10.6 Å². The predicted octanol–water partition coefficient (Wildman–Crippen LogP) is 1.17. The molecule has 0 aromatic carbocycles. The van der Waals surface area contributed by atoms with E-state index in [1.807, 2.05) is 24.0 Å². The van der Waals surface area contributed by atoms with Gasteiger partial charge in [0, 0.05) is 24.8 Å². The monoisotopic (exact) mass is 314 g/mol. The van der Waals surface area contributed by atoms with Crippen LogP contribution in [0.3, 0.4) is 0 Å². The number of nitrogens with zero attached hydrogens (tertiary/aromatic N) is 5. The summed E-state index contributed by atoms with van der Waals surface area (Å²) in [7, 11) is 0. The van der Waals surface area contributed by atoms with Crippen LogP contribution in [0.25, 0.3) is 5.69 Å². The van der Waals surface area contributed by atoms with Crippen molar-refractivity contribution >= 4 is 5.91 Å². The van der Waals surface area contributed by atoms with E-state index in [1.165, 1.54) is 4.80 Å². The van der Waals surface area contributed by atoms with Crippen LogP contribution in [0, 0.1) is 12.8 Å². The average molecular weight is 314 g/mol. The number of rotatable bonds is 3. The molecule has 2 aromatic rings. The Kier molecular flexibility index (Phi) is 4.38. The molecule has 23 heavy (non-hydrogen) atoms. The second kappa shape index (κ2) is 6.45. The van der Waals surface area contributed by atoms with E-state index in [2.05, 4.69) is 22.1 Å². The summed E-state index contributed by atoms with van der Waals surface area (Å²) in [5.74, 6) is 0.303. The number of piperidine rings is 1. The smallest absolute Gasteiger partial charge is 0.275 e. The Morgan fingerprint density at radius 3 is 2.78 bits per heavy atom. The van der Waals surface area contributed by atoms with E-state index >= 15 is 0 Å². The zero-order valence-corrected chi connectivity index (χ0v) is 13.5. The molecule has 1 saturated heterocycles. The highest BCUT2D eigenvalue weighted by Gasteiger charge is 2.33. The molecule has 0 aliphatic carbocycles. The molecule has 2 N–H and O–H groups in total. The van der Waals surface area contributed by atoms with Crippen molar-refractivity contribution in [2.75, 3.05) is 13.1 Å². The second-order valence-corrected chi connectivity index (χ2v) is 6.06. The van der Waals surface area contributed by atoms with Crippen molar-refractivity contribution in [3.05, 3.63) is 35.9 Å². The summed E-state index contributed by atoms with van der Waals surface area (Å²) in [5.41, 5.74) is 7.69. The summed E-state index contributed by atoms with van der Waals surface area (Å²) in [5, 5.41) is 8.26. The molecule has 0 spiro atoms. The molecule has 0 saturated carbocycles. The van der Waals surface area contributed by atoms with Gasteiger partial charge in [0.15, 0.2) is 5.69 Å². The van der Waals surface area contributed by atoms with Crippen molar-refractivity contribution in [1.82, 2.24) is 24.9 Å². The number of amides is 1. The molecule has 1 aliphatic heterocycles. The fraction of sp³-hybridized carbons (Fsp3) is 0.500. The van der Waals surface area contributed by atoms with Crippen LogP contribution >= 0.6 is 0 Å². The van der Waals surface area contributed by atoms with Crippen LogP contribution in [0.2, 0.25) is 0 Å². The largest absolute Gasteiger partial charge is 0.333 e. The van der Waals surface area contributed by atoms with Gasteiger partial charge in [0.1, 0.15) is 5.69 Å². The average Bonchev–Trinajstić information content (AvgIpc) is 3.08. The van der Waals surface area contributed by atoms with E-state index in [0.717, 1.165) is 18.5 Å². The van der Waals surface area contributed by atoms with Crippen LogP contribution in [0.15, 0.2) is 24.5 Å². The molecule has 3 rings (SSSR count). The first-order valence-corrected chi connectivity index (χ1v) is 7.97. The lowest BCUT2D eigenvalue weighted by molar-refractivity contribution is 0.0526. The first-order chi connectivity index (χ1) is 11.1. The van der Waals surface area contributed by atoms with E-state index in [0.29, 0.717) is 30.4 Å². The van der Waals surface area contributed by atoms with Gasteiger partial charge >= 0.3 is 0 Å². The molecule has 3 heterocycles. The van der Waals surface area contributed by atoms with Gasteiger partial charge in [-0.2, -0.15) is 10.2 Å². The van der Waals surface area contributed by atoms with Crippen LogP contribution in [0.5, 0.6) is 0 Å².